The number of aromatic nitrogens is 3. The molecule has 1 unspecified atom stereocenters. The molecule has 3 aromatic rings. The van der Waals surface area contributed by atoms with E-state index >= 15 is 0 Å². The van der Waals surface area contributed by atoms with Crippen molar-refractivity contribution in [1.82, 2.24) is 19.9 Å². The molecule has 6 heteroatoms. The lowest BCUT2D eigenvalue weighted by Crippen LogP contribution is -2.44. The maximum absolute atomic E-state index is 13.7. The van der Waals surface area contributed by atoms with Crippen LogP contribution < -0.4 is 0 Å². The average Bonchev–Trinajstić information content (AvgIpc) is 3.55. The number of carbonyl (C=O) groups excluding carboxylic acids is 1. The third-order valence-electron chi connectivity index (χ3n) is 6.67. The number of carbonyl (C=O) groups is 1. The SMILES string of the molecule is O=C(N1CCC(n2cc(-c3ccccc3)nn2)C1)C1(c2ccc(Cl)cc2)CCCC1. The van der Waals surface area contributed by atoms with Crippen molar-refractivity contribution in [3.8, 4) is 11.3 Å². The van der Waals surface area contributed by atoms with Gasteiger partial charge in [0.05, 0.1) is 17.7 Å². The standard InChI is InChI=1S/C24H25ClN4O/c25-20-10-8-19(9-11-20)24(13-4-5-14-24)23(30)28-15-12-21(16-28)29-17-22(26-27-29)18-6-2-1-3-7-18/h1-3,6-11,17,21H,4-5,12-16H2. The molecule has 5 nitrogen and oxygen atoms in total. The molecule has 1 amide bonds. The minimum absolute atomic E-state index is 0.169. The second-order valence-electron chi connectivity index (χ2n) is 8.44. The Morgan fingerprint density at radius 2 is 1.77 bits per heavy atom. The predicted molar refractivity (Wildman–Crippen MR) is 117 cm³/mol. The van der Waals surface area contributed by atoms with E-state index in [1.807, 2.05) is 70.4 Å². The summed E-state index contributed by atoms with van der Waals surface area (Å²) in [5.74, 6) is 0.258. The van der Waals surface area contributed by atoms with E-state index in [2.05, 4.69) is 10.3 Å². The van der Waals surface area contributed by atoms with Crippen molar-refractivity contribution in [2.24, 2.45) is 0 Å². The van der Waals surface area contributed by atoms with Gasteiger partial charge in [-0.3, -0.25) is 4.79 Å². The summed E-state index contributed by atoms with van der Waals surface area (Å²) in [4.78, 5) is 15.7. The van der Waals surface area contributed by atoms with Crippen LogP contribution in [0.4, 0.5) is 0 Å². The molecule has 154 valence electrons. The highest BCUT2D eigenvalue weighted by atomic mass is 35.5. The molecule has 0 bridgehead atoms. The van der Waals surface area contributed by atoms with Gasteiger partial charge in [-0.2, -0.15) is 0 Å². The third kappa shape index (κ3) is 3.41. The quantitative estimate of drug-likeness (QED) is 0.604. The van der Waals surface area contributed by atoms with E-state index in [4.69, 9.17) is 11.6 Å². The molecule has 1 aliphatic heterocycles. The van der Waals surface area contributed by atoms with Gasteiger partial charge in [0.25, 0.3) is 0 Å². The first-order valence-electron chi connectivity index (χ1n) is 10.7. The van der Waals surface area contributed by atoms with Crippen molar-refractivity contribution in [1.29, 1.82) is 0 Å². The van der Waals surface area contributed by atoms with E-state index in [0.717, 1.165) is 55.5 Å². The molecule has 2 aromatic carbocycles. The fourth-order valence-electron chi connectivity index (χ4n) is 5.01. The van der Waals surface area contributed by atoms with Gasteiger partial charge in [-0.1, -0.05) is 72.1 Å². The minimum Gasteiger partial charge on any atom is -0.340 e. The van der Waals surface area contributed by atoms with Crippen LogP contribution in [0.2, 0.25) is 5.02 Å². The fourth-order valence-corrected chi connectivity index (χ4v) is 5.14. The summed E-state index contributed by atoms with van der Waals surface area (Å²) >= 11 is 6.09. The fraction of sp³-hybridized carbons (Fsp3) is 0.375. The van der Waals surface area contributed by atoms with Gasteiger partial charge in [-0.05, 0) is 37.0 Å². The van der Waals surface area contributed by atoms with Crippen molar-refractivity contribution in [3.63, 3.8) is 0 Å². The van der Waals surface area contributed by atoms with Gasteiger partial charge in [-0.15, -0.1) is 5.10 Å². The number of benzene rings is 2. The van der Waals surface area contributed by atoms with E-state index < -0.39 is 5.41 Å². The zero-order chi connectivity index (χ0) is 20.6. The molecule has 0 spiro atoms. The highest BCUT2D eigenvalue weighted by molar-refractivity contribution is 6.30. The molecular weight excluding hydrogens is 396 g/mol. The van der Waals surface area contributed by atoms with Gasteiger partial charge in [0.1, 0.15) is 5.69 Å². The Hall–Kier alpha value is -2.66. The maximum Gasteiger partial charge on any atom is 0.233 e. The summed E-state index contributed by atoms with van der Waals surface area (Å²) in [6.07, 6.45) is 6.91. The minimum atomic E-state index is -0.406. The summed E-state index contributed by atoms with van der Waals surface area (Å²) in [7, 11) is 0. The first-order valence-corrected chi connectivity index (χ1v) is 11.1. The number of likely N-dealkylation sites (tertiary alicyclic amines) is 1. The smallest absolute Gasteiger partial charge is 0.233 e. The predicted octanol–water partition coefficient (Wildman–Crippen LogP) is 4.88. The Balaban J connectivity index is 1.34. The summed E-state index contributed by atoms with van der Waals surface area (Å²) in [6.45, 7) is 1.45. The highest BCUT2D eigenvalue weighted by Gasteiger charge is 2.46. The lowest BCUT2D eigenvalue weighted by Gasteiger charge is -2.33. The number of halogens is 1. The number of hydrogen-bond donors (Lipinski definition) is 0. The van der Waals surface area contributed by atoms with Crippen LogP contribution in [-0.4, -0.2) is 38.9 Å². The number of nitrogens with zero attached hydrogens (tertiary/aromatic N) is 4. The molecule has 1 aliphatic carbocycles. The van der Waals surface area contributed by atoms with Crippen LogP contribution in [0.1, 0.15) is 43.7 Å². The van der Waals surface area contributed by atoms with E-state index in [-0.39, 0.29) is 11.9 Å². The molecule has 5 rings (SSSR count). The van der Waals surface area contributed by atoms with Crippen molar-refractivity contribution >= 4 is 17.5 Å². The van der Waals surface area contributed by atoms with E-state index in [1.54, 1.807) is 0 Å². The zero-order valence-corrected chi connectivity index (χ0v) is 17.6. The zero-order valence-electron chi connectivity index (χ0n) is 16.9. The second kappa shape index (κ2) is 7.88. The van der Waals surface area contributed by atoms with Crippen molar-refractivity contribution in [2.45, 2.75) is 43.6 Å². The largest absolute Gasteiger partial charge is 0.340 e. The number of amides is 1. The lowest BCUT2D eigenvalue weighted by molar-refractivity contribution is -0.136. The summed E-state index contributed by atoms with van der Waals surface area (Å²) in [5.41, 5.74) is 2.62. The molecule has 30 heavy (non-hydrogen) atoms. The Kier molecular flexibility index (Phi) is 5.07. The first kappa shape index (κ1) is 19.3. The van der Waals surface area contributed by atoms with E-state index in [1.165, 1.54) is 0 Å². The third-order valence-corrected chi connectivity index (χ3v) is 6.92. The number of rotatable bonds is 4. The molecule has 2 heterocycles. The van der Waals surface area contributed by atoms with Gasteiger partial charge in [0.15, 0.2) is 0 Å². The van der Waals surface area contributed by atoms with Crippen LogP contribution >= 0.6 is 11.6 Å². The topological polar surface area (TPSA) is 51.0 Å². The van der Waals surface area contributed by atoms with Gasteiger partial charge in [-0.25, -0.2) is 4.68 Å². The number of hydrogen-bond acceptors (Lipinski definition) is 3. The van der Waals surface area contributed by atoms with Crippen LogP contribution in [0.25, 0.3) is 11.3 Å². The molecule has 2 aliphatic rings. The van der Waals surface area contributed by atoms with Gasteiger partial charge in [0, 0.05) is 23.7 Å². The van der Waals surface area contributed by atoms with E-state index in [9.17, 15) is 4.79 Å². The monoisotopic (exact) mass is 420 g/mol. The van der Waals surface area contributed by atoms with E-state index in [0.29, 0.717) is 11.6 Å². The second-order valence-corrected chi connectivity index (χ2v) is 8.88. The Morgan fingerprint density at radius 1 is 1.03 bits per heavy atom. The van der Waals surface area contributed by atoms with Crippen LogP contribution in [0.5, 0.6) is 0 Å². The first-order chi connectivity index (χ1) is 14.7. The summed E-state index contributed by atoms with van der Waals surface area (Å²) < 4.78 is 1.93. The van der Waals surface area contributed by atoms with Crippen molar-refractivity contribution < 1.29 is 4.79 Å². The Labute approximate surface area is 181 Å². The van der Waals surface area contributed by atoms with Crippen molar-refractivity contribution in [3.05, 3.63) is 71.4 Å². The van der Waals surface area contributed by atoms with Crippen LogP contribution in [0.15, 0.2) is 60.8 Å². The summed E-state index contributed by atoms with van der Waals surface area (Å²) in [6, 6.07) is 18.1. The van der Waals surface area contributed by atoms with Crippen molar-refractivity contribution in [2.75, 3.05) is 13.1 Å². The molecule has 1 saturated carbocycles. The molecular formula is C24H25ClN4O. The molecule has 2 fully saturated rings. The Bertz CT molecular complexity index is 1020. The van der Waals surface area contributed by atoms with Gasteiger partial charge >= 0.3 is 0 Å². The van der Waals surface area contributed by atoms with Gasteiger partial charge in [0.2, 0.25) is 5.91 Å². The highest BCUT2D eigenvalue weighted by Crippen LogP contribution is 2.44. The average molecular weight is 421 g/mol. The molecule has 0 radical (unpaired) electrons. The molecule has 1 saturated heterocycles. The lowest BCUT2D eigenvalue weighted by atomic mass is 9.77. The van der Waals surface area contributed by atoms with Crippen LogP contribution in [-0.2, 0) is 10.2 Å². The van der Waals surface area contributed by atoms with Crippen LogP contribution in [0.3, 0.4) is 0 Å². The van der Waals surface area contributed by atoms with Crippen LogP contribution in [0, 0.1) is 0 Å². The normalized spacial score (nSPS) is 20.6. The molecule has 1 aromatic heterocycles. The van der Waals surface area contributed by atoms with Gasteiger partial charge < -0.3 is 4.90 Å². The molecule has 1 atom stereocenters. The summed E-state index contributed by atoms with van der Waals surface area (Å²) in [5, 5.41) is 9.42. The molecule has 0 N–H and O–H groups in total. The Morgan fingerprint density at radius 3 is 2.50 bits per heavy atom. The maximum atomic E-state index is 13.7.